The first kappa shape index (κ1) is 20.2. The molecule has 6 heteroatoms. The van der Waals surface area contributed by atoms with Crippen LogP contribution in [0, 0.1) is 5.92 Å². The minimum Gasteiger partial charge on any atom is -0.490 e. The van der Waals surface area contributed by atoms with E-state index in [0.717, 1.165) is 49.0 Å². The van der Waals surface area contributed by atoms with E-state index in [4.69, 9.17) is 4.74 Å². The summed E-state index contributed by atoms with van der Waals surface area (Å²) >= 11 is 0. The molecule has 2 aliphatic heterocycles. The molecule has 1 unspecified atom stereocenters. The first-order chi connectivity index (χ1) is 15.2. The number of benzene rings is 1. The van der Waals surface area contributed by atoms with Gasteiger partial charge in [-0.2, -0.15) is 10.1 Å². The van der Waals surface area contributed by atoms with Gasteiger partial charge in [0.05, 0.1) is 5.71 Å². The van der Waals surface area contributed by atoms with Crippen LogP contribution in [-0.2, 0) is 4.79 Å². The molecule has 1 atom stereocenters. The number of amides is 1. The van der Waals surface area contributed by atoms with Crippen molar-refractivity contribution in [1.82, 2.24) is 9.88 Å². The lowest BCUT2D eigenvalue weighted by Gasteiger charge is -2.41. The Morgan fingerprint density at radius 3 is 2.42 bits per heavy atom. The molecule has 162 valence electrons. The van der Waals surface area contributed by atoms with Crippen LogP contribution >= 0.6 is 0 Å². The lowest BCUT2D eigenvalue weighted by atomic mass is 9.90. The van der Waals surface area contributed by atoms with E-state index in [2.05, 4.69) is 27.1 Å². The van der Waals surface area contributed by atoms with Crippen molar-refractivity contribution >= 4 is 17.4 Å². The molecule has 1 saturated carbocycles. The second kappa shape index (κ2) is 8.79. The number of nitrogens with zero attached hydrogens (tertiary/aromatic N) is 4. The first-order valence-corrected chi connectivity index (χ1v) is 11.5. The zero-order chi connectivity index (χ0) is 21.2. The van der Waals surface area contributed by atoms with Crippen molar-refractivity contribution in [3.63, 3.8) is 0 Å². The van der Waals surface area contributed by atoms with Crippen molar-refractivity contribution in [3.8, 4) is 5.75 Å². The van der Waals surface area contributed by atoms with Crippen molar-refractivity contribution < 1.29 is 9.53 Å². The van der Waals surface area contributed by atoms with Crippen LogP contribution in [0.4, 0.5) is 5.82 Å². The third kappa shape index (κ3) is 4.35. The van der Waals surface area contributed by atoms with Gasteiger partial charge in [0.25, 0.3) is 0 Å². The van der Waals surface area contributed by atoms with E-state index in [1.54, 1.807) is 6.20 Å². The van der Waals surface area contributed by atoms with E-state index in [1.807, 2.05) is 37.3 Å². The van der Waals surface area contributed by atoms with Gasteiger partial charge in [-0.1, -0.05) is 19.4 Å². The molecule has 3 heterocycles. The molecule has 2 aromatic rings. The number of piperidine rings is 1. The number of carbonyl (C=O) groups is 1. The smallest absolute Gasteiger partial charge is 0.249 e. The molecule has 31 heavy (non-hydrogen) atoms. The molecule has 2 fully saturated rings. The molecule has 1 aromatic carbocycles. The number of ether oxygens (including phenoxy) is 1. The zero-order valence-electron chi connectivity index (χ0n) is 18.1. The number of rotatable bonds is 5. The van der Waals surface area contributed by atoms with Crippen LogP contribution < -0.4 is 9.75 Å². The van der Waals surface area contributed by atoms with Gasteiger partial charge in [-0.3, -0.25) is 4.79 Å². The Morgan fingerprint density at radius 1 is 1.00 bits per heavy atom. The number of hydrazone groups is 1. The number of anilines is 1. The molecule has 0 bridgehead atoms. The third-order valence-electron chi connectivity index (χ3n) is 6.78. The van der Waals surface area contributed by atoms with Gasteiger partial charge >= 0.3 is 0 Å². The van der Waals surface area contributed by atoms with E-state index in [-0.39, 0.29) is 11.8 Å². The average Bonchev–Trinajstić information content (AvgIpc) is 2.75. The first-order valence-electron chi connectivity index (χ1n) is 11.5. The normalized spacial score (nSPS) is 23.4. The summed E-state index contributed by atoms with van der Waals surface area (Å²) in [5.74, 6) is 1.51. The SMILES string of the molecule is CC1CC(=O)N(c2ccccn2)N=C1c1ccc(OC2CCN(C3CCC3)CC2)cc1. The molecule has 6 nitrogen and oxygen atoms in total. The molecule has 0 spiro atoms. The Balaban J connectivity index is 1.25. The number of likely N-dealkylation sites (tertiary alicyclic amines) is 1. The van der Waals surface area contributed by atoms with Crippen LogP contribution in [0.3, 0.4) is 0 Å². The van der Waals surface area contributed by atoms with Crippen LogP contribution in [0.25, 0.3) is 0 Å². The zero-order valence-corrected chi connectivity index (χ0v) is 18.1. The number of pyridine rings is 1. The maximum atomic E-state index is 12.5. The molecule has 0 N–H and O–H groups in total. The van der Waals surface area contributed by atoms with Gasteiger partial charge < -0.3 is 9.64 Å². The van der Waals surface area contributed by atoms with Crippen LogP contribution in [0.5, 0.6) is 5.75 Å². The lowest BCUT2D eigenvalue weighted by molar-refractivity contribution is -0.119. The van der Waals surface area contributed by atoms with E-state index >= 15 is 0 Å². The monoisotopic (exact) mass is 418 g/mol. The van der Waals surface area contributed by atoms with Gasteiger partial charge in [-0.05, 0) is 67.6 Å². The quantitative estimate of drug-likeness (QED) is 0.728. The summed E-state index contributed by atoms with van der Waals surface area (Å²) in [7, 11) is 0. The molecule has 3 aliphatic rings. The average molecular weight is 419 g/mol. The van der Waals surface area contributed by atoms with Crippen molar-refractivity contribution in [2.24, 2.45) is 11.0 Å². The highest BCUT2D eigenvalue weighted by Crippen LogP contribution is 2.29. The Hall–Kier alpha value is -2.73. The van der Waals surface area contributed by atoms with Crippen LogP contribution in [-0.4, -0.2) is 46.7 Å². The Morgan fingerprint density at radius 2 is 1.77 bits per heavy atom. The third-order valence-corrected chi connectivity index (χ3v) is 6.78. The predicted octanol–water partition coefficient (Wildman–Crippen LogP) is 4.25. The van der Waals surface area contributed by atoms with Gasteiger partial charge in [-0.15, -0.1) is 0 Å². The number of carbonyl (C=O) groups excluding carboxylic acids is 1. The van der Waals surface area contributed by atoms with Crippen molar-refractivity contribution in [2.75, 3.05) is 18.1 Å². The van der Waals surface area contributed by atoms with Crippen molar-refractivity contribution in [2.45, 2.75) is 57.6 Å². The van der Waals surface area contributed by atoms with E-state index in [9.17, 15) is 4.79 Å². The second-order valence-corrected chi connectivity index (χ2v) is 8.95. The molecular formula is C25H30N4O2. The van der Waals surface area contributed by atoms with Gasteiger partial charge in [0, 0.05) is 37.7 Å². The topological polar surface area (TPSA) is 58.0 Å². The summed E-state index contributed by atoms with van der Waals surface area (Å²) in [6.45, 7) is 4.35. The summed E-state index contributed by atoms with van der Waals surface area (Å²) in [6.07, 6.45) is 8.74. The number of hydrogen-bond acceptors (Lipinski definition) is 5. The highest BCUT2D eigenvalue weighted by atomic mass is 16.5. The van der Waals surface area contributed by atoms with Gasteiger partial charge in [0.2, 0.25) is 5.91 Å². The van der Waals surface area contributed by atoms with E-state index < -0.39 is 0 Å². The van der Waals surface area contributed by atoms with Crippen molar-refractivity contribution in [3.05, 3.63) is 54.2 Å². The lowest BCUT2D eigenvalue weighted by Crippen LogP contribution is -2.46. The highest BCUT2D eigenvalue weighted by molar-refractivity contribution is 6.09. The molecule has 0 radical (unpaired) electrons. The summed E-state index contributed by atoms with van der Waals surface area (Å²) in [4.78, 5) is 19.4. The van der Waals surface area contributed by atoms with Crippen molar-refractivity contribution in [1.29, 1.82) is 0 Å². The van der Waals surface area contributed by atoms with E-state index in [1.165, 1.54) is 24.3 Å². The molecular weight excluding hydrogens is 388 g/mol. The minimum absolute atomic E-state index is 0.0249. The van der Waals surface area contributed by atoms with E-state index in [0.29, 0.717) is 18.3 Å². The predicted molar refractivity (Wildman–Crippen MR) is 121 cm³/mol. The molecule has 1 saturated heterocycles. The standard InChI is InChI=1S/C25H30N4O2/c1-18-17-24(30)29(23-7-2-3-14-26-23)27-25(18)19-8-10-21(11-9-19)31-22-12-15-28(16-13-22)20-5-4-6-20/h2-3,7-11,14,18,20,22H,4-6,12-13,15-17H2,1H3. The van der Waals surface area contributed by atoms with Crippen LogP contribution in [0.15, 0.2) is 53.8 Å². The Labute approximate surface area is 183 Å². The number of aromatic nitrogens is 1. The van der Waals surface area contributed by atoms with Gasteiger partial charge in [0.15, 0.2) is 5.82 Å². The highest BCUT2D eigenvalue weighted by Gasteiger charge is 2.30. The fraction of sp³-hybridized carbons (Fsp3) is 0.480. The maximum absolute atomic E-state index is 12.5. The molecule has 1 aromatic heterocycles. The fourth-order valence-corrected chi connectivity index (χ4v) is 4.71. The maximum Gasteiger partial charge on any atom is 0.249 e. The summed E-state index contributed by atoms with van der Waals surface area (Å²) in [6, 6.07) is 14.5. The van der Waals surface area contributed by atoms with Gasteiger partial charge in [0.1, 0.15) is 11.9 Å². The summed E-state index contributed by atoms with van der Waals surface area (Å²) < 4.78 is 6.27. The van der Waals surface area contributed by atoms with Crippen LogP contribution in [0.1, 0.15) is 51.0 Å². The minimum atomic E-state index is -0.0249. The largest absolute Gasteiger partial charge is 0.490 e. The molecule has 1 amide bonds. The number of hydrogen-bond donors (Lipinski definition) is 0. The summed E-state index contributed by atoms with van der Waals surface area (Å²) in [5, 5.41) is 6.09. The fourth-order valence-electron chi connectivity index (χ4n) is 4.71. The Bertz CT molecular complexity index is 932. The molecule has 1 aliphatic carbocycles. The Kier molecular flexibility index (Phi) is 5.72. The molecule has 5 rings (SSSR count). The second-order valence-electron chi connectivity index (χ2n) is 8.95. The summed E-state index contributed by atoms with van der Waals surface area (Å²) in [5.41, 5.74) is 1.93. The van der Waals surface area contributed by atoms with Gasteiger partial charge in [-0.25, -0.2) is 4.98 Å². The van der Waals surface area contributed by atoms with Crippen LogP contribution in [0.2, 0.25) is 0 Å².